The third kappa shape index (κ3) is 3.93. The van der Waals surface area contributed by atoms with Crippen molar-refractivity contribution in [3.63, 3.8) is 0 Å². The van der Waals surface area contributed by atoms with Gasteiger partial charge in [-0.2, -0.15) is 0 Å². The van der Waals surface area contributed by atoms with E-state index in [2.05, 4.69) is 17.2 Å². The van der Waals surface area contributed by atoms with Gasteiger partial charge in [-0.3, -0.25) is 5.32 Å². The van der Waals surface area contributed by atoms with Crippen LogP contribution in [0.5, 0.6) is 0 Å². The number of aromatic nitrogens is 1. The molecule has 1 aliphatic carbocycles. The fraction of sp³-hybridized carbons (Fsp3) is 0.714. The topological polar surface area (TPSA) is 65.5 Å². The van der Waals surface area contributed by atoms with Crippen LogP contribution in [0.25, 0.3) is 0 Å². The second kappa shape index (κ2) is 7.04. The lowest BCUT2D eigenvalue weighted by Gasteiger charge is -2.31. The molecule has 112 valence electrons. The van der Waals surface area contributed by atoms with E-state index in [1.165, 1.54) is 11.3 Å². The first kappa shape index (κ1) is 15.3. The fourth-order valence-electron chi connectivity index (χ4n) is 2.55. The number of carbonyl (C=O) groups excluding carboxylic acids is 1. The summed E-state index contributed by atoms with van der Waals surface area (Å²) in [6, 6.07) is -0.153. The fourth-order valence-corrected chi connectivity index (χ4v) is 3.29. The maximum Gasteiger partial charge on any atom is 0.323 e. The third-order valence-electron chi connectivity index (χ3n) is 3.84. The van der Waals surface area contributed by atoms with E-state index in [9.17, 15) is 9.90 Å². The Morgan fingerprint density at radius 3 is 2.95 bits per heavy atom. The number of carbonyl (C=O) groups is 1. The van der Waals surface area contributed by atoms with Gasteiger partial charge in [0.05, 0.1) is 6.10 Å². The van der Waals surface area contributed by atoms with Gasteiger partial charge >= 0.3 is 6.03 Å². The molecule has 0 saturated heterocycles. The van der Waals surface area contributed by atoms with E-state index < -0.39 is 0 Å². The molecule has 1 heterocycles. The van der Waals surface area contributed by atoms with Crippen LogP contribution in [-0.4, -0.2) is 40.7 Å². The Balaban J connectivity index is 1.85. The molecule has 2 atom stereocenters. The highest BCUT2D eigenvalue weighted by Crippen LogP contribution is 2.25. The lowest BCUT2D eigenvalue weighted by molar-refractivity contribution is 0.0575. The summed E-state index contributed by atoms with van der Waals surface area (Å²) in [4.78, 5) is 19.1. The molecule has 0 aromatic carbocycles. The highest BCUT2D eigenvalue weighted by molar-refractivity contribution is 7.15. The molecule has 1 fully saturated rings. The Bertz CT molecular complexity index is 449. The summed E-state index contributed by atoms with van der Waals surface area (Å²) in [6.07, 6.45) is 6.53. The number of nitrogens with one attached hydrogen (secondary N) is 1. The van der Waals surface area contributed by atoms with Crippen molar-refractivity contribution in [2.24, 2.45) is 5.92 Å². The Morgan fingerprint density at radius 2 is 2.30 bits per heavy atom. The summed E-state index contributed by atoms with van der Waals surface area (Å²) >= 11 is 1.51. The second-order valence-electron chi connectivity index (χ2n) is 5.41. The zero-order chi connectivity index (χ0) is 14.5. The highest BCUT2D eigenvalue weighted by Gasteiger charge is 2.25. The number of hydrogen-bond acceptors (Lipinski definition) is 4. The Kier molecular flexibility index (Phi) is 5.37. The zero-order valence-corrected chi connectivity index (χ0v) is 12.9. The van der Waals surface area contributed by atoms with Crippen LogP contribution in [0.15, 0.2) is 6.20 Å². The number of nitrogens with zero attached hydrogens (tertiary/aromatic N) is 2. The minimum Gasteiger partial charge on any atom is -0.393 e. The van der Waals surface area contributed by atoms with E-state index in [-0.39, 0.29) is 18.1 Å². The van der Waals surface area contributed by atoms with Crippen LogP contribution in [0.4, 0.5) is 9.93 Å². The first-order valence-electron chi connectivity index (χ1n) is 7.25. The van der Waals surface area contributed by atoms with Crippen molar-refractivity contribution in [3.05, 3.63) is 11.1 Å². The van der Waals surface area contributed by atoms with Gasteiger partial charge in [0.15, 0.2) is 5.13 Å². The number of hydrogen-bond donors (Lipinski definition) is 2. The van der Waals surface area contributed by atoms with Crippen LogP contribution in [0.3, 0.4) is 0 Å². The number of aliphatic hydroxyl groups is 1. The molecule has 20 heavy (non-hydrogen) atoms. The maximum absolute atomic E-state index is 12.1. The molecule has 1 aromatic rings. The predicted molar refractivity (Wildman–Crippen MR) is 81.1 cm³/mol. The molecule has 0 spiro atoms. The minimum atomic E-state index is -0.273. The van der Waals surface area contributed by atoms with Crippen LogP contribution >= 0.6 is 11.3 Å². The van der Waals surface area contributed by atoms with Gasteiger partial charge in [0, 0.05) is 30.6 Å². The van der Waals surface area contributed by atoms with Gasteiger partial charge in [0.25, 0.3) is 0 Å². The molecule has 0 radical (unpaired) electrons. The van der Waals surface area contributed by atoms with E-state index in [1.807, 2.05) is 0 Å². The quantitative estimate of drug-likeness (QED) is 0.898. The molecule has 2 unspecified atom stereocenters. The molecular formula is C14H23N3O2S. The van der Waals surface area contributed by atoms with Crippen LogP contribution in [0, 0.1) is 5.92 Å². The monoisotopic (exact) mass is 297 g/mol. The first-order chi connectivity index (χ1) is 9.60. The molecule has 1 aromatic heterocycles. The number of thiazole rings is 1. The van der Waals surface area contributed by atoms with E-state index in [4.69, 9.17) is 0 Å². The summed E-state index contributed by atoms with van der Waals surface area (Å²) in [7, 11) is 1.77. The second-order valence-corrected chi connectivity index (χ2v) is 6.52. The first-order valence-corrected chi connectivity index (χ1v) is 8.06. The average Bonchev–Trinajstić information content (AvgIpc) is 2.89. The zero-order valence-electron chi connectivity index (χ0n) is 12.1. The van der Waals surface area contributed by atoms with Crippen molar-refractivity contribution >= 4 is 22.5 Å². The maximum atomic E-state index is 12.1. The van der Waals surface area contributed by atoms with Crippen LogP contribution < -0.4 is 5.32 Å². The van der Waals surface area contributed by atoms with Gasteiger partial charge in [-0.05, 0) is 19.3 Å². The standard InChI is InChI=1S/C14H23N3O2S/c1-3-11-8-15-13(20-11)16-14(19)17(2)9-10-6-4-5-7-12(10)18/h8,10,12,18H,3-7,9H2,1-2H3,(H,15,16,19). The molecule has 0 bridgehead atoms. The summed E-state index contributed by atoms with van der Waals surface area (Å²) < 4.78 is 0. The van der Waals surface area contributed by atoms with Crippen molar-refractivity contribution < 1.29 is 9.90 Å². The molecule has 6 heteroatoms. The summed E-state index contributed by atoms with van der Waals surface area (Å²) in [6.45, 7) is 2.66. The van der Waals surface area contributed by atoms with Crippen molar-refractivity contribution in [2.75, 3.05) is 18.9 Å². The summed E-state index contributed by atoms with van der Waals surface area (Å²) in [5.74, 6) is 0.196. The molecule has 0 aliphatic heterocycles. The van der Waals surface area contributed by atoms with Gasteiger partial charge in [0.1, 0.15) is 0 Å². The number of anilines is 1. The Hall–Kier alpha value is -1.14. The van der Waals surface area contributed by atoms with Gasteiger partial charge < -0.3 is 10.0 Å². The van der Waals surface area contributed by atoms with Crippen LogP contribution in [0.2, 0.25) is 0 Å². The molecule has 1 aliphatic rings. The molecule has 2 N–H and O–H groups in total. The van der Waals surface area contributed by atoms with Crippen LogP contribution in [-0.2, 0) is 6.42 Å². The molecular weight excluding hydrogens is 274 g/mol. The minimum absolute atomic E-state index is 0.153. The van der Waals surface area contributed by atoms with Crippen molar-refractivity contribution in [2.45, 2.75) is 45.1 Å². The van der Waals surface area contributed by atoms with Crippen molar-refractivity contribution in [1.29, 1.82) is 0 Å². The van der Waals surface area contributed by atoms with Crippen molar-refractivity contribution in [3.8, 4) is 0 Å². The van der Waals surface area contributed by atoms with Gasteiger partial charge in [-0.25, -0.2) is 9.78 Å². The van der Waals surface area contributed by atoms with Crippen LogP contribution in [0.1, 0.15) is 37.5 Å². The number of amides is 2. The van der Waals surface area contributed by atoms with Gasteiger partial charge in [-0.15, -0.1) is 11.3 Å². The largest absolute Gasteiger partial charge is 0.393 e. The molecule has 2 amide bonds. The van der Waals surface area contributed by atoms with Gasteiger partial charge in [-0.1, -0.05) is 19.8 Å². The van der Waals surface area contributed by atoms with E-state index in [0.717, 1.165) is 37.0 Å². The normalized spacial score (nSPS) is 22.6. The predicted octanol–water partition coefficient (Wildman–Crippen LogP) is 2.72. The summed E-state index contributed by atoms with van der Waals surface area (Å²) in [5, 5.41) is 13.4. The summed E-state index contributed by atoms with van der Waals surface area (Å²) in [5.41, 5.74) is 0. The van der Waals surface area contributed by atoms with E-state index in [1.54, 1.807) is 18.1 Å². The van der Waals surface area contributed by atoms with E-state index in [0.29, 0.717) is 11.7 Å². The number of aryl methyl sites for hydroxylation is 1. The lowest BCUT2D eigenvalue weighted by Crippen LogP contribution is -2.40. The average molecular weight is 297 g/mol. The Morgan fingerprint density at radius 1 is 1.55 bits per heavy atom. The van der Waals surface area contributed by atoms with E-state index >= 15 is 0 Å². The molecule has 1 saturated carbocycles. The highest BCUT2D eigenvalue weighted by atomic mass is 32.1. The number of rotatable bonds is 4. The Labute approximate surface area is 124 Å². The van der Waals surface area contributed by atoms with Gasteiger partial charge in [0.2, 0.25) is 0 Å². The third-order valence-corrected chi connectivity index (χ3v) is 4.90. The number of urea groups is 1. The number of aliphatic hydroxyl groups excluding tert-OH is 1. The van der Waals surface area contributed by atoms with Crippen molar-refractivity contribution in [1.82, 2.24) is 9.88 Å². The molecule has 2 rings (SSSR count). The molecule has 5 nitrogen and oxygen atoms in total. The smallest absolute Gasteiger partial charge is 0.323 e. The lowest BCUT2D eigenvalue weighted by atomic mass is 9.86. The SMILES string of the molecule is CCc1cnc(NC(=O)N(C)CC2CCCCC2O)s1.